The minimum atomic E-state index is -0.631. The lowest BCUT2D eigenvalue weighted by atomic mass is 10.1. The molecule has 8 heteroatoms. The van der Waals surface area contributed by atoms with Gasteiger partial charge in [-0.3, -0.25) is 14.7 Å². The molecule has 1 aromatic heterocycles. The molecule has 0 unspecified atom stereocenters. The quantitative estimate of drug-likeness (QED) is 0.674. The first-order valence-corrected chi connectivity index (χ1v) is 8.05. The molecule has 132 valence electrons. The molecule has 4 rings (SSSR count). The Morgan fingerprint density at radius 2 is 2.08 bits per heavy atom. The molecule has 1 atom stereocenters. The van der Waals surface area contributed by atoms with Crippen LogP contribution in [0.3, 0.4) is 0 Å². The summed E-state index contributed by atoms with van der Waals surface area (Å²) in [6.07, 6.45) is 0.687. The Bertz CT molecular complexity index is 1030. The number of carbonyl (C=O) groups is 2. The fourth-order valence-electron chi connectivity index (χ4n) is 3.05. The molecule has 0 spiro atoms. The zero-order valence-corrected chi connectivity index (χ0v) is 13.5. The van der Waals surface area contributed by atoms with Crippen molar-refractivity contribution in [3.63, 3.8) is 0 Å². The monoisotopic (exact) mass is 356 g/mol. The Hall–Kier alpha value is -3.29. The van der Waals surface area contributed by atoms with Crippen LogP contribution in [-0.4, -0.2) is 28.1 Å². The number of nitrogens with zero attached hydrogens (tertiary/aromatic N) is 1. The molecule has 3 N–H and O–H groups in total. The van der Waals surface area contributed by atoms with Gasteiger partial charge in [0.1, 0.15) is 17.4 Å². The number of hydrogen-bond donors (Lipinski definition) is 3. The zero-order chi connectivity index (χ0) is 18.3. The van der Waals surface area contributed by atoms with Crippen molar-refractivity contribution in [3.05, 3.63) is 48.0 Å². The average Bonchev–Trinajstić information content (AvgIpc) is 3.21. The lowest BCUT2D eigenvalue weighted by Gasteiger charge is -2.11. The van der Waals surface area contributed by atoms with Gasteiger partial charge in [0.2, 0.25) is 11.8 Å². The number of aromatic amines is 1. The van der Waals surface area contributed by atoms with E-state index in [0.29, 0.717) is 23.1 Å². The van der Waals surface area contributed by atoms with Gasteiger partial charge >= 0.3 is 0 Å². The molecule has 6 nitrogen and oxygen atoms in total. The van der Waals surface area contributed by atoms with Crippen molar-refractivity contribution < 1.29 is 18.4 Å². The Kier molecular flexibility index (Phi) is 3.87. The van der Waals surface area contributed by atoms with Crippen LogP contribution in [0.15, 0.2) is 36.4 Å². The largest absolute Gasteiger partial charge is 0.344 e. The number of H-pyrrole nitrogens is 1. The van der Waals surface area contributed by atoms with Crippen LogP contribution in [-0.2, 0) is 9.59 Å². The van der Waals surface area contributed by atoms with Gasteiger partial charge in [-0.25, -0.2) is 8.78 Å². The van der Waals surface area contributed by atoms with Crippen molar-refractivity contribution in [2.75, 3.05) is 5.32 Å². The van der Waals surface area contributed by atoms with Crippen LogP contribution >= 0.6 is 0 Å². The minimum Gasteiger partial charge on any atom is -0.344 e. The van der Waals surface area contributed by atoms with E-state index in [9.17, 15) is 18.4 Å². The Morgan fingerprint density at radius 3 is 2.81 bits per heavy atom. The summed E-state index contributed by atoms with van der Waals surface area (Å²) in [4.78, 5) is 23.5. The van der Waals surface area contributed by atoms with Crippen molar-refractivity contribution >= 4 is 28.4 Å². The molecule has 2 amide bonds. The summed E-state index contributed by atoms with van der Waals surface area (Å²) in [5, 5.41) is 12.2. The number of aromatic nitrogens is 2. The molecular formula is C18H14F2N4O2. The number of amides is 2. The predicted molar refractivity (Wildman–Crippen MR) is 91.2 cm³/mol. The summed E-state index contributed by atoms with van der Waals surface area (Å²) in [5.41, 5.74) is 1.29. The summed E-state index contributed by atoms with van der Waals surface area (Å²) in [5.74, 6) is -1.64. The lowest BCUT2D eigenvalue weighted by molar-refractivity contribution is -0.122. The molecule has 2 heterocycles. The maximum atomic E-state index is 14.4. The molecule has 0 aliphatic carbocycles. The minimum absolute atomic E-state index is 0.0939. The topological polar surface area (TPSA) is 86.9 Å². The van der Waals surface area contributed by atoms with Crippen LogP contribution in [0.4, 0.5) is 14.5 Å². The highest BCUT2D eigenvalue weighted by atomic mass is 19.1. The predicted octanol–water partition coefficient (Wildman–Crippen LogP) is 2.73. The van der Waals surface area contributed by atoms with Crippen molar-refractivity contribution in [2.24, 2.45) is 0 Å². The summed E-state index contributed by atoms with van der Waals surface area (Å²) in [6.45, 7) is 0. The van der Waals surface area contributed by atoms with E-state index in [1.165, 1.54) is 12.1 Å². The first-order valence-electron chi connectivity index (χ1n) is 8.05. The van der Waals surface area contributed by atoms with Gasteiger partial charge in [-0.15, -0.1) is 0 Å². The molecular weight excluding hydrogens is 342 g/mol. The van der Waals surface area contributed by atoms with E-state index in [2.05, 4.69) is 20.8 Å². The molecule has 0 saturated carbocycles. The number of carbonyl (C=O) groups excluding carboxylic acids is 2. The number of benzene rings is 2. The van der Waals surface area contributed by atoms with E-state index >= 15 is 0 Å². The molecule has 0 bridgehead atoms. The highest BCUT2D eigenvalue weighted by molar-refractivity contribution is 6.02. The fraction of sp³-hybridized carbons (Fsp3) is 0.167. The first kappa shape index (κ1) is 16.2. The van der Waals surface area contributed by atoms with Gasteiger partial charge in [0.05, 0.1) is 5.69 Å². The van der Waals surface area contributed by atoms with E-state index < -0.39 is 23.6 Å². The third-order valence-corrected chi connectivity index (χ3v) is 4.30. The zero-order valence-electron chi connectivity index (χ0n) is 13.5. The maximum Gasteiger partial charge on any atom is 0.246 e. The van der Waals surface area contributed by atoms with Gasteiger partial charge in [-0.2, -0.15) is 5.10 Å². The number of anilines is 1. The van der Waals surface area contributed by atoms with Gasteiger partial charge in [0, 0.05) is 23.1 Å². The normalized spacial score (nSPS) is 16.7. The van der Waals surface area contributed by atoms with Crippen LogP contribution in [0.1, 0.15) is 12.8 Å². The summed E-state index contributed by atoms with van der Waals surface area (Å²) >= 11 is 0. The molecule has 0 radical (unpaired) electrons. The van der Waals surface area contributed by atoms with E-state index in [-0.39, 0.29) is 23.5 Å². The van der Waals surface area contributed by atoms with Crippen LogP contribution in [0.5, 0.6) is 0 Å². The Morgan fingerprint density at radius 1 is 1.23 bits per heavy atom. The van der Waals surface area contributed by atoms with Gasteiger partial charge in [-0.05, 0) is 30.7 Å². The molecule has 1 saturated heterocycles. The van der Waals surface area contributed by atoms with Crippen LogP contribution in [0.25, 0.3) is 22.2 Å². The van der Waals surface area contributed by atoms with Crippen LogP contribution < -0.4 is 10.6 Å². The first-order chi connectivity index (χ1) is 12.5. The molecule has 1 aliphatic heterocycles. The second-order valence-electron chi connectivity index (χ2n) is 6.11. The summed E-state index contributed by atoms with van der Waals surface area (Å²) in [6, 6.07) is 7.93. The van der Waals surface area contributed by atoms with Crippen molar-refractivity contribution in [3.8, 4) is 11.3 Å². The molecule has 1 aliphatic rings. The summed E-state index contributed by atoms with van der Waals surface area (Å²) < 4.78 is 27.9. The van der Waals surface area contributed by atoms with Crippen molar-refractivity contribution in [2.45, 2.75) is 18.9 Å². The van der Waals surface area contributed by atoms with Crippen LogP contribution in [0.2, 0.25) is 0 Å². The third kappa shape index (κ3) is 2.90. The smallest absolute Gasteiger partial charge is 0.246 e. The van der Waals surface area contributed by atoms with E-state index in [0.717, 1.165) is 6.07 Å². The van der Waals surface area contributed by atoms with Gasteiger partial charge < -0.3 is 10.6 Å². The van der Waals surface area contributed by atoms with Crippen LogP contribution in [0, 0.1) is 11.6 Å². The number of rotatable bonds is 3. The number of nitrogens with one attached hydrogen (secondary N) is 3. The Labute approximate surface area is 146 Å². The number of hydrogen-bond acceptors (Lipinski definition) is 3. The summed E-state index contributed by atoms with van der Waals surface area (Å²) in [7, 11) is 0. The van der Waals surface area contributed by atoms with Gasteiger partial charge in [0.25, 0.3) is 0 Å². The number of fused-ring (bicyclic) bond motifs is 1. The van der Waals surface area contributed by atoms with E-state index in [1.54, 1.807) is 18.2 Å². The van der Waals surface area contributed by atoms with Gasteiger partial charge in [0.15, 0.2) is 5.82 Å². The molecule has 2 aromatic carbocycles. The second kappa shape index (κ2) is 6.21. The molecule has 3 aromatic rings. The molecule has 1 fully saturated rings. The fourth-order valence-corrected chi connectivity index (χ4v) is 3.05. The van der Waals surface area contributed by atoms with Crippen molar-refractivity contribution in [1.82, 2.24) is 15.5 Å². The Balaban J connectivity index is 1.70. The lowest BCUT2D eigenvalue weighted by Crippen LogP contribution is -2.37. The molecule has 26 heavy (non-hydrogen) atoms. The SMILES string of the molecule is O=C1CC[C@@H](C(=O)Nc2cc(F)c3n[nH]c(-c4cccc(F)c4)c3c2)N1. The van der Waals surface area contributed by atoms with Gasteiger partial charge in [-0.1, -0.05) is 12.1 Å². The standard InChI is InChI=1S/C18H14F2N4O2/c19-10-3-1-2-9(6-10)16-12-7-11(8-13(20)17(12)24-23-16)21-18(26)14-4-5-15(25)22-14/h1-3,6-8,14H,4-5H2,(H,21,26)(H,22,25)(H,23,24)/t14-/m0/s1. The maximum absolute atomic E-state index is 14.4. The van der Waals surface area contributed by atoms with Crippen molar-refractivity contribution in [1.29, 1.82) is 0 Å². The highest BCUT2D eigenvalue weighted by Gasteiger charge is 2.27. The van der Waals surface area contributed by atoms with E-state index in [4.69, 9.17) is 0 Å². The second-order valence-corrected chi connectivity index (χ2v) is 6.11. The average molecular weight is 356 g/mol. The third-order valence-electron chi connectivity index (χ3n) is 4.30. The highest BCUT2D eigenvalue weighted by Crippen LogP contribution is 2.30. The van der Waals surface area contributed by atoms with E-state index in [1.807, 2.05) is 0 Å². The number of halogens is 2.